The fourth-order valence-corrected chi connectivity index (χ4v) is 4.63. The van der Waals surface area contributed by atoms with Crippen LogP contribution in [0.1, 0.15) is 110 Å². The average Bonchev–Trinajstić information content (AvgIpc) is 2.85. The Morgan fingerprint density at radius 1 is 0.789 bits per heavy atom. The average molecular weight is 567 g/mol. The topological polar surface area (TPSA) is 106 Å². The molecule has 0 radical (unpaired) electrons. The van der Waals surface area contributed by atoms with Gasteiger partial charge in [-0.1, -0.05) is 103 Å². The monoisotopic (exact) mass is 566 g/mol. The number of carbonyl (C=O) groups excluding carboxylic acids is 1. The van der Waals surface area contributed by atoms with Gasteiger partial charge in [-0.25, -0.2) is 4.79 Å². The Labute approximate surface area is 233 Å². The number of carbonyl (C=O) groups is 1. The summed E-state index contributed by atoms with van der Waals surface area (Å²) in [5.41, 5.74) is 0. The molecule has 1 N–H and O–H groups in total. The van der Waals surface area contributed by atoms with E-state index in [9.17, 15) is 14.3 Å². The molecular weight excluding hydrogens is 507 g/mol. The van der Waals surface area contributed by atoms with Gasteiger partial charge >= 0.3 is 6.09 Å². The molecule has 0 bridgehead atoms. The van der Waals surface area contributed by atoms with Crippen molar-refractivity contribution >= 4 is 13.9 Å². The summed E-state index contributed by atoms with van der Waals surface area (Å²) in [5.74, 6) is 0. The molecule has 0 saturated carbocycles. The first-order valence-corrected chi connectivity index (χ1v) is 16.4. The minimum atomic E-state index is -4.44. The highest BCUT2D eigenvalue weighted by Gasteiger charge is 2.18. The third kappa shape index (κ3) is 26.9. The molecule has 0 aromatic rings. The molecule has 228 valence electrons. The Bertz CT molecular complexity index is 602. The van der Waals surface area contributed by atoms with Crippen LogP contribution in [0.5, 0.6) is 0 Å². The number of nitrogens with one attached hydrogen (secondary N) is 1. The second-order valence-corrected chi connectivity index (χ2v) is 12.7. The largest absolute Gasteiger partial charge is 0.756 e. The molecule has 0 aromatic carbocycles. The van der Waals surface area contributed by atoms with Crippen LogP contribution in [-0.2, 0) is 23.1 Å². The number of rotatable bonds is 27. The van der Waals surface area contributed by atoms with Crippen molar-refractivity contribution in [3.05, 3.63) is 0 Å². The van der Waals surface area contributed by atoms with Gasteiger partial charge in [-0.2, -0.15) is 0 Å². The molecule has 0 heterocycles. The van der Waals surface area contributed by atoms with E-state index in [4.69, 9.17) is 18.5 Å². The van der Waals surface area contributed by atoms with Crippen LogP contribution >= 0.6 is 7.82 Å². The quantitative estimate of drug-likeness (QED) is 0.0717. The molecule has 0 aliphatic rings. The van der Waals surface area contributed by atoms with Gasteiger partial charge in [0.1, 0.15) is 25.9 Å². The van der Waals surface area contributed by atoms with Crippen LogP contribution in [-0.4, -0.2) is 77.8 Å². The second-order valence-electron chi connectivity index (χ2n) is 11.3. The van der Waals surface area contributed by atoms with E-state index in [0.29, 0.717) is 17.6 Å². The maximum Gasteiger partial charge on any atom is 0.407 e. The van der Waals surface area contributed by atoms with Crippen LogP contribution in [0.25, 0.3) is 0 Å². The van der Waals surface area contributed by atoms with E-state index in [1.807, 2.05) is 21.1 Å². The van der Waals surface area contributed by atoms with Crippen LogP contribution in [0, 0.1) is 0 Å². The van der Waals surface area contributed by atoms with E-state index >= 15 is 0 Å². The molecule has 0 fully saturated rings. The molecule has 9 nitrogen and oxygen atoms in total. The van der Waals surface area contributed by atoms with Gasteiger partial charge in [0.25, 0.3) is 7.82 Å². The molecule has 2 atom stereocenters. The summed E-state index contributed by atoms with van der Waals surface area (Å²) in [4.78, 5) is 23.7. The normalized spacial score (nSPS) is 14.3. The minimum Gasteiger partial charge on any atom is -0.756 e. The van der Waals surface area contributed by atoms with Crippen LogP contribution < -0.4 is 10.2 Å². The van der Waals surface area contributed by atoms with Gasteiger partial charge in [0.05, 0.1) is 27.7 Å². The van der Waals surface area contributed by atoms with E-state index in [2.05, 4.69) is 12.2 Å². The predicted octanol–water partition coefficient (Wildman–Crippen LogP) is 6.20. The molecule has 0 aromatic heterocycles. The second kappa shape index (κ2) is 24.1. The van der Waals surface area contributed by atoms with E-state index in [1.165, 1.54) is 97.0 Å². The van der Waals surface area contributed by atoms with E-state index in [-0.39, 0.29) is 19.8 Å². The van der Waals surface area contributed by atoms with Gasteiger partial charge in [-0.15, -0.1) is 0 Å². The fourth-order valence-electron chi connectivity index (χ4n) is 3.91. The number of hydrogen-bond acceptors (Lipinski definition) is 7. The summed E-state index contributed by atoms with van der Waals surface area (Å²) in [6, 6.07) is 0. The fraction of sp³-hybridized carbons (Fsp3) is 0.964. The third-order valence-corrected chi connectivity index (χ3v) is 7.43. The summed E-state index contributed by atoms with van der Waals surface area (Å²) < 4.78 is 32.4. The van der Waals surface area contributed by atoms with Gasteiger partial charge in [0.15, 0.2) is 0 Å². The first kappa shape index (κ1) is 37.3. The summed E-state index contributed by atoms with van der Waals surface area (Å²) in [7, 11) is 2.77. The number of amides is 1. The van der Waals surface area contributed by atoms with Gasteiger partial charge in [-0.3, -0.25) is 4.57 Å². The molecule has 0 aliphatic carbocycles. The first-order chi connectivity index (χ1) is 18.1. The van der Waals surface area contributed by atoms with Gasteiger partial charge in [0.2, 0.25) is 0 Å². The number of methoxy groups -OCH3 is 1. The Morgan fingerprint density at radius 3 is 1.71 bits per heavy atom. The maximum atomic E-state index is 11.9. The lowest BCUT2D eigenvalue weighted by Crippen LogP contribution is -2.37. The van der Waals surface area contributed by atoms with Gasteiger partial charge in [0, 0.05) is 13.7 Å². The highest BCUT2D eigenvalue weighted by atomic mass is 31.2. The number of quaternary nitrogens is 1. The first-order valence-electron chi connectivity index (χ1n) is 14.9. The van der Waals surface area contributed by atoms with Crippen molar-refractivity contribution in [3.63, 3.8) is 0 Å². The molecule has 38 heavy (non-hydrogen) atoms. The highest BCUT2D eigenvalue weighted by molar-refractivity contribution is 7.45. The Morgan fingerprint density at radius 2 is 1.26 bits per heavy atom. The third-order valence-electron chi connectivity index (χ3n) is 6.46. The van der Waals surface area contributed by atoms with E-state index < -0.39 is 20.0 Å². The van der Waals surface area contributed by atoms with E-state index in [0.717, 1.165) is 12.8 Å². The van der Waals surface area contributed by atoms with Crippen LogP contribution in [0.4, 0.5) is 4.79 Å². The molecule has 0 rings (SSSR count). The van der Waals surface area contributed by atoms with Crippen molar-refractivity contribution in [1.29, 1.82) is 0 Å². The van der Waals surface area contributed by atoms with Crippen molar-refractivity contribution in [2.45, 2.75) is 116 Å². The molecule has 0 saturated heterocycles. The number of phosphoric ester groups is 1. The van der Waals surface area contributed by atoms with Gasteiger partial charge < -0.3 is 33.2 Å². The Kier molecular flexibility index (Phi) is 23.7. The number of nitrogens with zero attached hydrogens (tertiary/aromatic N) is 1. The highest BCUT2D eigenvalue weighted by Crippen LogP contribution is 2.38. The van der Waals surface area contributed by atoms with Crippen molar-refractivity contribution in [1.82, 2.24) is 5.32 Å². The summed E-state index contributed by atoms with van der Waals surface area (Å²) in [5, 5.41) is 2.73. The molecule has 2 unspecified atom stereocenters. The number of hydrogen-bond donors (Lipinski definition) is 1. The zero-order chi connectivity index (χ0) is 28.5. The summed E-state index contributed by atoms with van der Waals surface area (Å²) in [6.07, 6.45) is 19.7. The molecular formula is C28H59N2O7P. The number of ether oxygens (including phenoxy) is 2. The van der Waals surface area contributed by atoms with Crippen molar-refractivity contribution < 1.29 is 37.3 Å². The number of unbranched alkanes of at least 4 members (excludes halogenated alkanes) is 15. The zero-order valence-corrected chi connectivity index (χ0v) is 26.1. The maximum absolute atomic E-state index is 11.9. The molecule has 1 amide bonds. The summed E-state index contributed by atoms with van der Waals surface area (Å²) >= 11 is 0. The van der Waals surface area contributed by atoms with Crippen molar-refractivity contribution in [2.24, 2.45) is 0 Å². The number of phosphoric acid groups is 1. The number of likely N-dealkylation sites (N-methyl/N-ethyl adjacent to an activating group) is 1. The Hall–Kier alpha value is -0.700. The lowest BCUT2D eigenvalue weighted by atomic mass is 10.0. The molecule has 0 aliphatic heterocycles. The van der Waals surface area contributed by atoms with Crippen LogP contribution in [0.2, 0.25) is 0 Å². The minimum absolute atomic E-state index is 0.0280. The van der Waals surface area contributed by atoms with Crippen LogP contribution in [0.15, 0.2) is 0 Å². The number of alkyl carbamates (subject to hydrolysis) is 1. The van der Waals surface area contributed by atoms with Crippen molar-refractivity contribution in [3.8, 4) is 0 Å². The SMILES string of the molecule is CCCCCCCCCCCCCCCCCCNC(=O)OCC(COP(=O)([O-])OCC[N+](C)(C)C)OC. The lowest BCUT2D eigenvalue weighted by Gasteiger charge is -2.28. The standard InChI is InChI=1S/C28H59N2O7P/c1-6-7-8-9-10-11-12-13-14-15-16-17-18-19-20-21-22-29-28(31)35-25-27(34-5)26-37-38(32,33)36-24-23-30(2,3)4/h27H,6-26H2,1-5H3,(H-,29,31,32,33). The molecule has 0 spiro atoms. The zero-order valence-electron chi connectivity index (χ0n) is 25.2. The smallest absolute Gasteiger partial charge is 0.407 e. The molecule has 10 heteroatoms. The summed E-state index contributed by atoms with van der Waals surface area (Å²) in [6.45, 7) is 2.98. The Balaban J connectivity index is 3.60. The van der Waals surface area contributed by atoms with Crippen LogP contribution in [0.3, 0.4) is 0 Å². The van der Waals surface area contributed by atoms with Crippen molar-refractivity contribution in [2.75, 3.05) is 61.2 Å². The lowest BCUT2D eigenvalue weighted by molar-refractivity contribution is -0.870. The van der Waals surface area contributed by atoms with Gasteiger partial charge in [-0.05, 0) is 6.42 Å². The predicted molar refractivity (Wildman–Crippen MR) is 152 cm³/mol. The van der Waals surface area contributed by atoms with E-state index in [1.54, 1.807) is 0 Å².